The Labute approximate surface area is 115 Å². The second-order valence-electron chi connectivity index (χ2n) is 4.50. The SMILES string of the molecule is C=CCCCN(C)C(=NC)NCc1nc(C)c(C)o1. The standard InChI is InChI=1S/C14H24N4O/c1-6-7-8-9-18(5)14(15-4)16-10-13-17-11(2)12(3)19-13/h6H,1,7-10H2,2-5H3,(H,15,16). The van der Waals surface area contributed by atoms with Crippen molar-refractivity contribution in [3.05, 3.63) is 30.0 Å². The van der Waals surface area contributed by atoms with Gasteiger partial charge in [0.05, 0.1) is 12.2 Å². The molecule has 0 radical (unpaired) electrons. The Balaban J connectivity index is 2.46. The van der Waals surface area contributed by atoms with Crippen molar-refractivity contribution in [3.63, 3.8) is 0 Å². The van der Waals surface area contributed by atoms with Crippen LogP contribution in [0, 0.1) is 13.8 Å². The number of guanidine groups is 1. The lowest BCUT2D eigenvalue weighted by molar-refractivity contribution is 0.441. The minimum absolute atomic E-state index is 0.549. The van der Waals surface area contributed by atoms with E-state index in [1.165, 1.54) is 0 Å². The largest absolute Gasteiger partial charge is 0.444 e. The Morgan fingerprint density at radius 1 is 1.53 bits per heavy atom. The minimum Gasteiger partial charge on any atom is -0.444 e. The molecular formula is C14H24N4O. The predicted octanol–water partition coefficient (Wildman–Crippen LogP) is 2.26. The van der Waals surface area contributed by atoms with Crippen LogP contribution >= 0.6 is 0 Å². The van der Waals surface area contributed by atoms with Crippen molar-refractivity contribution in [2.45, 2.75) is 33.2 Å². The molecule has 19 heavy (non-hydrogen) atoms. The fraction of sp³-hybridized carbons (Fsp3) is 0.571. The van der Waals surface area contributed by atoms with Gasteiger partial charge in [-0.15, -0.1) is 6.58 Å². The molecule has 0 atom stereocenters. The third-order valence-electron chi connectivity index (χ3n) is 2.95. The summed E-state index contributed by atoms with van der Waals surface area (Å²) in [5.74, 6) is 2.40. The summed E-state index contributed by atoms with van der Waals surface area (Å²) in [7, 11) is 3.79. The number of unbranched alkanes of at least 4 members (excludes halogenated alkanes) is 1. The maximum Gasteiger partial charge on any atom is 0.214 e. The number of nitrogens with zero attached hydrogens (tertiary/aromatic N) is 3. The first-order valence-corrected chi connectivity index (χ1v) is 6.54. The molecule has 5 heteroatoms. The monoisotopic (exact) mass is 264 g/mol. The van der Waals surface area contributed by atoms with Crippen molar-refractivity contribution in [3.8, 4) is 0 Å². The van der Waals surface area contributed by atoms with Crippen LogP contribution in [0.15, 0.2) is 22.1 Å². The first-order chi connectivity index (χ1) is 9.08. The molecule has 0 spiro atoms. The Kier molecular flexibility index (Phi) is 6.12. The first kappa shape index (κ1) is 15.3. The molecule has 0 amide bonds. The van der Waals surface area contributed by atoms with Gasteiger partial charge in [-0.05, 0) is 26.7 Å². The summed E-state index contributed by atoms with van der Waals surface area (Å²) in [6, 6.07) is 0. The molecule has 1 aromatic heterocycles. The van der Waals surface area contributed by atoms with Crippen molar-refractivity contribution in [1.29, 1.82) is 0 Å². The Morgan fingerprint density at radius 3 is 2.79 bits per heavy atom. The topological polar surface area (TPSA) is 53.7 Å². The van der Waals surface area contributed by atoms with Crippen LogP contribution in [0.5, 0.6) is 0 Å². The van der Waals surface area contributed by atoms with Crippen LogP contribution in [0.4, 0.5) is 0 Å². The molecule has 1 N–H and O–H groups in total. The number of hydrogen-bond acceptors (Lipinski definition) is 3. The molecular weight excluding hydrogens is 240 g/mol. The van der Waals surface area contributed by atoms with Crippen LogP contribution in [0.3, 0.4) is 0 Å². The fourth-order valence-corrected chi connectivity index (χ4v) is 1.73. The lowest BCUT2D eigenvalue weighted by Gasteiger charge is -2.21. The summed E-state index contributed by atoms with van der Waals surface area (Å²) in [5.41, 5.74) is 0.936. The molecule has 0 fully saturated rings. The number of aliphatic imine (C=N–C) groups is 1. The molecule has 0 saturated carbocycles. The summed E-state index contributed by atoms with van der Waals surface area (Å²) >= 11 is 0. The Bertz CT molecular complexity index is 417. The van der Waals surface area contributed by atoms with Gasteiger partial charge in [0.15, 0.2) is 5.96 Å². The zero-order chi connectivity index (χ0) is 14.3. The normalized spacial score (nSPS) is 11.5. The van der Waals surface area contributed by atoms with E-state index in [-0.39, 0.29) is 0 Å². The summed E-state index contributed by atoms with van der Waals surface area (Å²) < 4.78 is 5.53. The third kappa shape index (κ3) is 4.77. The second kappa shape index (κ2) is 7.61. The maximum atomic E-state index is 5.53. The quantitative estimate of drug-likeness (QED) is 0.370. The summed E-state index contributed by atoms with van der Waals surface area (Å²) in [5, 5.41) is 3.25. The zero-order valence-electron chi connectivity index (χ0n) is 12.4. The first-order valence-electron chi connectivity index (χ1n) is 6.54. The van der Waals surface area contributed by atoms with E-state index in [9.17, 15) is 0 Å². The molecule has 0 unspecified atom stereocenters. The number of nitrogens with one attached hydrogen (secondary N) is 1. The van der Waals surface area contributed by atoms with Gasteiger partial charge in [-0.2, -0.15) is 0 Å². The van der Waals surface area contributed by atoms with Crippen LogP contribution in [0.25, 0.3) is 0 Å². The zero-order valence-corrected chi connectivity index (χ0v) is 12.4. The molecule has 0 aliphatic rings. The molecule has 1 heterocycles. The van der Waals surface area contributed by atoms with Gasteiger partial charge >= 0.3 is 0 Å². The molecule has 106 valence electrons. The van der Waals surface area contributed by atoms with Crippen LogP contribution in [-0.2, 0) is 6.54 Å². The van der Waals surface area contributed by atoms with Crippen molar-refractivity contribution < 1.29 is 4.42 Å². The number of hydrogen-bond donors (Lipinski definition) is 1. The highest BCUT2D eigenvalue weighted by molar-refractivity contribution is 5.79. The Morgan fingerprint density at radius 2 is 2.26 bits per heavy atom. The molecule has 1 rings (SSSR count). The van der Waals surface area contributed by atoms with E-state index < -0.39 is 0 Å². The van der Waals surface area contributed by atoms with E-state index >= 15 is 0 Å². The highest BCUT2D eigenvalue weighted by Gasteiger charge is 2.08. The Hall–Kier alpha value is -1.78. The van der Waals surface area contributed by atoms with E-state index in [1.807, 2.05) is 27.0 Å². The van der Waals surface area contributed by atoms with E-state index in [2.05, 4.69) is 26.8 Å². The summed E-state index contributed by atoms with van der Waals surface area (Å²) in [4.78, 5) is 10.7. The van der Waals surface area contributed by atoms with Gasteiger partial charge in [-0.3, -0.25) is 4.99 Å². The van der Waals surface area contributed by atoms with Gasteiger partial charge in [0.25, 0.3) is 0 Å². The van der Waals surface area contributed by atoms with Gasteiger partial charge in [0.1, 0.15) is 5.76 Å². The highest BCUT2D eigenvalue weighted by Crippen LogP contribution is 2.07. The number of aromatic nitrogens is 1. The average molecular weight is 264 g/mol. The second-order valence-corrected chi connectivity index (χ2v) is 4.50. The van der Waals surface area contributed by atoms with E-state index in [0.717, 1.165) is 36.8 Å². The summed E-state index contributed by atoms with van der Waals surface area (Å²) in [6.07, 6.45) is 4.01. The molecule has 5 nitrogen and oxygen atoms in total. The smallest absolute Gasteiger partial charge is 0.214 e. The van der Waals surface area contributed by atoms with Gasteiger partial charge < -0.3 is 14.6 Å². The van der Waals surface area contributed by atoms with Crippen molar-refractivity contribution in [2.75, 3.05) is 20.6 Å². The third-order valence-corrected chi connectivity index (χ3v) is 2.95. The van der Waals surface area contributed by atoms with Crippen molar-refractivity contribution in [2.24, 2.45) is 4.99 Å². The van der Waals surface area contributed by atoms with E-state index in [0.29, 0.717) is 12.4 Å². The van der Waals surface area contributed by atoms with Crippen molar-refractivity contribution >= 4 is 5.96 Å². The average Bonchev–Trinajstić information content (AvgIpc) is 2.70. The fourth-order valence-electron chi connectivity index (χ4n) is 1.73. The van der Waals surface area contributed by atoms with E-state index in [4.69, 9.17) is 4.42 Å². The molecule has 0 aliphatic heterocycles. The van der Waals surface area contributed by atoms with Crippen LogP contribution in [0.2, 0.25) is 0 Å². The van der Waals surface area contributed by atoms with Gasteiger partial charge in [0, 0.05) is 20.6 Å². The molecule has 0 saturated heterocycles. The highest BCUT2D eigenvalue weighted by atomic mass is 16.4. The number of aryl methyl sites for hydroxylation is 2. The summed E-state index contributed by atoms with van der Waals surface area (Å²) in [6.45, 7) is 9.07. The lowest BCUT2D eigenvalue weighted by Crippen LogP contribution is -2.39. The number of oxazole rings is 1. The van der Waals surface area contributed by atoms with Crippen LogP contribution in [0.1, 0.15) is 30.2 Å². The van der Waals surface area contributed by atoms with Gasteiger partial charge in [-0.25, -0.2) is 4.98 Å². The van der Waals surface area contributed by atoms with Crippen LogP contribution in [-0.4, -0.2) is 36.5 Å². The van der Waals surface area contributed by atoms with Crippen molar-refractivity contribution in [1.82, 2.24) is 15.2 Å². The lowest BCUT2D eigenvalue weighted by atomic mass is 10.3. The molecule has 0 aliphatic carbocycles. The minimum atomic E-state index is 0.549. The van der Waals surface area contributed by atoms with E-state index in [1.54, 1.807) is 7.05 Å². The van der Waals surface area contributed by atoms with Gasteiger partial charge in [0.2, 0.25) is 5.89 Å². The predicted molar refractivity (Wildman–Crippen MR) is 78.2 cm³/mol. The number of rotatable bonds is 6. The molecule has 0 bridgehead atoms. The maximum absolute atomic E-state index is 5.53. The van der Waals surface area contributed by atoms with Crippen LogP contribution < -0.4 is 5.32 Å². The molecule has 0 aromatic carbocycles. The number of allylic oxidation sites excluding steroid dienone is 1. The van der Waals surface area contributed by atoms with Gasteiger partial charge in [-0.1, -0.05) is 6.08 Å². The molecule has 1 aromatic rings.